The molecule has 1 fully saturated rings. The van der Waals surface area contributed by atoms with E-state index in [0.717, 1.165) is 20.8 Å². The number of unbranched alkanes of at least 4 members (excludes halogenated alkanes) is 1. The van der Waals surface area contributed by atoms with E-state index in [1.807, 2.05) is 0 Å². The number of carboxylic acid groups (broad SMARTS) is 5. The first-order valence-corrected chi connectivity index (χ1v) is 41.3. The van der Waals surface area contributed by atoms with Crippen LogP contribution in [0.5, 0.6) is 0 Å². The number of nitrogens with one attached hydrogen (secondary N) is 15. The highest BCUT2D eigenvalue weighted by atomic mass is 32.1. The maximum Gasteiger partial charge on any atom is 0.327 e. The monoisotopic (exact) mass is 1770 g/mol. The van der Waals surface area contributed by atoms with E-state index in [2.05, 4.69) is 92.4 Å². The average molecular weight is 1770 g/mol. The molecule has 1 aliphatic heterocycles. The summed E-state index contributed by atoms with van der Waals surface area (Å²) in [7, 11) is 0. The van der Waals surface area contributed by atoms with E-state index in [0.29, 0.717) is 12.8 Å². The lowest BCUT2D eigenvalue weighted by atomic mass is 9.95. The van der Waals surface area contributed by atoms with Gasteiger partial charge < -0.3 is 132 Å². The Hall–Kier alpha value is -10.9. The van der Waals surface area contributed by atoms with Gasteiger partial charge in [0.05, 0.1) is 18.8 Å². The van der Waals surface area contributed by atoms with Crippen LogP contribution in [0.15, 0.2) is 0 Å². The molecule has 47 heteroatoms. The Labute approximate surface area is 717 Å². The molecule has 0 radical (unpaired) electrons. The highest BCUT2D eigenvalue weighted by Gasteiger charge is 2.44. The molecular weight excluding hydrogens is 1650 g/mol. The summed E-state index contributed by atoms with van der Waals surface area (Å²) < 4.78 is 0. The van der Waals surface area contributed by atoms with Crippen molar-refractivity contribution in [1.29, 1.82) is 0 Å². The Kier molecular flexibility index (Phi) is 49.4. The number of carboxylic acids is 5. The third-order valence-electron chi connectivity index (χ3n) is 19.6. The first kappa shape index (κ1) is 110. The summed E-state index contributed by atoms with van der Waals surface area (Å²) >= 11 is 3.86. The summed E-state index contributed by atoms with van der Waals surface area (Å²) in [6.07, 6.45) is -7.72. The van der Waals surface area contributed by atoms with Crippen molar-refractivity contribution in [2.24, 2.45) is 35.1 Å². The van der Waals surface area contributed by atoms with Crippen molar-refractivity contribution in [3.63, 3.8) is 0 Å². The molecular formula is C76H128N18O28S. The molecule has 0 aromatic rings. The minimum Gasteiger partial charge on any atom is -0.481 e. The molecule has 26 N–H and O–H groups in total. The smallest absolute Gasteiger partial charge is 0.327 e. The Balaban J connectivity index is 3.51. The third-order valence-corrected chi connectivity index (χ3v) is 20.0. The van der Waals surface area contributed by atoms with Crippen LogP contribution in [0.2, 0.25) is 0 Å². The van der Waals surface area contributed by atoms with Gasteiger partial charge in [0.25, 0.3) is 0 Å². The molecule has 46 nitrogen and oxygen atoms in total. The second kappa shape index (κ2) is 55.2. The molecule has 696 valence electrons. The molecule has 0 aromatic carbocycles. The minimum absolute atomic E-state index is 0.00674. The highest BCUT2D eigenvalue weighted by molar-refractivity contribution is 7.80. The van der Waals surface area contributed by atoms with E-state index in [9.17, 15) is 136 Å². The topological polar surface area (TPSA) is 736 Å². The molecule has 19 atom stereocenters. The number of nitrogens with two attached hydrogens (primary N) is 2. The summed E-state index contributed by atoms with van der Waals surface area (Å²) in [5.41, 5.74) is 11.0. The first-order valence-electron chi connectivity index (χ1n) is 40.7. The van der Waals surface area contributed by atoms with Crippen molar-refractivity contribution in [2.45, 2.75) is 302 Å². The second-order valence-electron chi connectivity index (χ2n) is 31.5. The number of carbonyl (C=O) groups is 21. The SMILES string of the molecule is CC[C@H](C)[C@H](NC(=O)[C@@H](NC(=O)[C@H](CCC(=O)O)NC(=O)[C@@H](NC(=O)[C@H](CC(C)C)NC(=O)[C@H](C)NC(=O)[C@H](CCCCN)NC(=O)[C@@H](NC(=O)CN)[C@@H](C)O)[C@@H](C)O)C(C)C)C(=O)N1CCC[C@H]1C(=O)N[C@@H](CC(C)C)C(=O)N[C@@H](C)C(=O)N[C@@H](CCC(=O)O)C(=O)N[C@@H](CCC(=O)O)C(=O)N[C@@H](C)C(=O)N[C@@H](CCC(=O)O)C(=O)N[C@@H](CS)C(=O)O. The molecule has 0 bridgehead atoms. The van der Waals surface area contributed by atoms with Gasteiger partial charge in [-0.25, -0.2) is 4.79 Å². The Morgan fingerprint density at radius 2 is 0.691 bits per heavy atom. The Morgan fingerprint density at radius 1 is 0.374 bits per heavy atom. The van der Waals surface area contributed by atoms with Crippen LogP contribution in [-0.2, 0) is 101 Å². The molecule has 0 saturated carbocycles. The molecule has 123 heavy (non-hydrogen) atoms. The number of hydrogen-bond acceptors (Lipinski definition) is 26. The van der Waals surface area contributed by atoms with Gasteiger partial charge in [-0.05, 0) is 135 Å². The maximum atomic E-state index is 14.9. The van der Waals surface area contributed by atoms with Gasteiger partial charge in [0.1, 0.15) is 96.7 Å². The first-order chi connectivity index (χ1) is 57.4. The zero-order valence-corrected chi connectivity index (χ0v) is 72.5. The molecule has 16 amide bonds. The van der Waals surface area contributed by atoms with Crippen LogP contribution in [0.4, 0.5) is 0 Å². The normalized spacial score (nSPS) is 16.9. The van der Waals surface area contributed by atoms with Crippen LogP contribution in [0.1, 0.15) is 193 Å². The zero-order chi connectivity index (χ0) is 94.2. The number of carbonyl (C=O) groups excluding carboxylic acids is 16. The summed E-state index contributed by atoms with van der Waals surface area (Å²) in [6.45, 7) is 18.6. The van der Waals surface area contributed by atoms with E-state index in [1.54, 1.807) is 41.5 Å². The fourth-order valence-corrected chi connectivity index (χ4v) is 12.6. The van der Waals surface area contributed by atoms with Gasteiger partial charge in [-0.1, -0.05) is 61.8 Å². The van der Waals surface area contributed by atoms with E-state index >= 15 is 0 Å². The number of aliphatic hydroxyl groups excluding tert-OH is 2. The van der Waals surface area contributed by atoms with Crippen molar-refractivity contribution >= 4 is 137 Å². The summed E-state index contributed by atoms with van der Waals surface area (Å²) in [6, 6.07) is -25.3. The van der Waals surface area contributed by atoms with Gasteiger partial charge in [-0.3, -0.25) is 95.9 Å². The van der Waals surface area contributed by atoms with Gasteiger partial charge in [-0.15, -0.1) is 0 Å². The van der Waals surface area contributed by atoms with Crippen LogP contribution in [-0.4, -0.2) is 299 Å². The lowest BCUT2D eigenvalue weighted by Crippen LogP contribution is -2.63. The summed E-state index contributed by atoms with van der Waals surface area (Å²) in [5, 5.41) is 105. The van der Waals surface area contributed by atoms with Crippen molar-refractivity contribution in [1.82, 2.24) is 84.7 Å². The second-order valence-corrected chi connectivity index (χ2v) is 31.8. The van der Waals surface area contributed by atoms with Crippen LogP contribution < -0.4 is 91.2 Å². The predicted molar refractivity (Wildman–Crippen MR) is 438 cm³/mol. The molecule has 0 spiro atoms. The lowest BCUT2D eigenvalue weighted by Gasteiger charge is -2.33. The maximum absolute atomic E-state index is 14.9. The van der Waals surface area contributed by atoms with E-state index < -0.39 is 309 Å². The number of hydrogen-bond donors (Lipinski definition) is 25. The van der Waals surface area contributed by atoms with Gasteiger partial charge in [0, 0.05) is 38.0 Å². The summed E-state index contributed by atoms with van der Waals surface area (Å²) in [4.78, 5) is 281. The van der Waals surface area contributed by atoms with Crippen LogP contribution >= 0.6 is 12.6 Å². The Morgan fingerprint density at radius 3 is 1.05 bits per heavy atom. The molecule has 1 saturated heterocycles. The lowest BCUT2D eigenvalue weighted by molar-refractivity contribution is -0.144. The van der Waals surface area contributed by atoms with Crippen molar-refractivity contribution in [3.8, 4) is 0 Å². The average Bonchev–Trinajstić information content (AvgIpc) is 1.79. The number of nitrogens with zero attached hydrogens (tertiary/aromatic N) is 1. The van der Waals surface area contributed by atoms with Gasteiger partial charge in [-0.2, -0.15) is 12.6 Å². The molecule has 0 unspecified atom stereocenters. The minimum atomic E-state index is -1.92. The molecule has 0 aromatic heterocycles. The number of rotatable bonds is 58. The van der Waals surface area contributed by atoms with Crippen molar-refractivity contribution in [2.75, 3.05) is 25.4 Å². The van der Waals surface area contributed by atoms with Crippen LogP contribution in [0, 0.1) is 23.7 Å². The van der Waals surface area contributed by atoms with Gasteiger partial charge in [0.15, 0.2) is 0 Å². The van der Waals surface area contributed by atoms with Crippen LogP contribution in [0.25, 0.3) is 0 Å². The van der Waals surface area contributed by atoms with Gasteiger partial charge >= 0.3 is 29.8 Å². The highest BCUT2D eigenvalue weighted by Crippen LogP contribution is 2.24. The predicted octanol–water partition coefficient (Wildman–Crippen LogP) is -6.57. The third kappa shape index (κ3) is 39.9. The fourth-order valence-electron chi connectivity index (χ4n) is 12.4. The van der Waals surface area contributed by atoms with Crippen LogP contribution in [0.3, 0.4) is 0 Å². The number of amides is 16. The van der Waals surface area contributed by atoms with E-state index in [1.165, 1.54) is 32.6 Å². The summed E-state index contributed by atoms with van der Waals surface area (Å²) in [5.74, 6) is -26.2. The van der Waals surface area contributed by atoms with Crippen molar-refractivity contribution in [3.05, 3.63) is 0 Å². The molecule has 1 rings (SSSR count). The standard InChI is InChI=1S/C76H128N18O28S/c1-14-37(8)58(92-72(117)57(36(6)7)91-68(113)47(23-27-56(104)105)86-74(119)60(42(13)96)93-70(115)49(31-35(4)5)87-63(108)40(11)79-64(109)43(18-15-16-28-77)85-73(118)59(41(12)95)90-52(97)32-78)75(120)94-29-17-19-51(94)71(116)88-48(30-34(2)3)69(114)81-39(10)62(107)82-45(21-25-54(100)101)66(111)84-44(20-24-53(98)99)65(110)80-38(9)61(106)83-46(22-26-55(102)103)67(112)89-50(33-123)76(121)122/h34-51,57-60,95-96,123H,14-33,77-78H2,1-13H3,(H,79,109)(H,80,110)(H,81,114)(H,82,107)(H,83,106)(H,84,111)(H,85,118)(H,86,119)(H,87,108)(H,88,116)(H,89,112)(H,90,97)(H,91,113)(H,92,117)(H,93,115)(H,98,99)(H,100,101)(H,102,103)(H,104,105)(H,121,122)/t37-,38-,39-,40-,41+,42+,43-,44-,45-,46-,47-,48-,49-,50-,51-,57-,58-,59-,60-/m0/s1. The Bertz CT molecular complexity index is 3680. The number of thiol groups is 1. The molecule has 0 aliphatic carbocycles. The zero-order valence-electron chi connectivity index (χ0n) is 71.6. The molecule has 1 heterocycles. The number of likely N-dealkylation sites (tertiary alicyclic amines) is 1. The molecule has 1 aliphatic rings. The van der Waals surface area contributed by atoms with E-state index in [4.69, 9.17) is 11.5 Å². The number of aliphatic carboxylic acids is 5. The number of aliphatic hydroxyl groups is 2. The largest absolute Gasteiger partial charge is 0.481 e. The van der Waals surface area contributed by atoms with Crippen molar-refractivity contribution < 1.29 is 136 Å². The van der Waals surface area contributed by atoms with Gasteiger partial charge in [0.2, 0.25) is 94.5 Å². The fraction of sp³-hybridized carbons (Fsp3) is 0.724. The van der Waals surface area contributed by atoms with E-state index in [-0.39, 0.29) is 63.5 Å². The quantitative estimate of drug-likeness (QED) is 0.0199.